The second kappa shape index (κ2) is 2.60. The summed E-state index contributed by atoms with van der Waals surface area (Å²) in [5.74, 6) is 0. The fourth-order valence-corrected chi connectivity index (χ4v) is 1.90. The Morgan fingerprint density at radius 1 is 1.75 bits per heavy atom. The summed E-state index contributed by atoms with van der Waals surface area (Å²) in [5, 5.41) is 2.00. The molecule has 0 aliphatic rings. The van der Waals surface area contributed by atoms with Gasteiger partial charge in [0.05, 0.1) is 0 Å². The Kier molecular flexibility index (Phi) is 2.03. The van der Waals surface area contributed by atoms with E-state index in [0.29, 0.717) is 0 Å². The van der Waals surface area contributed by atoms with Crippen molar-refractivity contribution >= 4 is 35.7 Å². The van der Waals surface area contributed by atoms with Crippen molar-refractivity contribution in [3.8, 4) is 0 Å². The molecular formula is C5H5BS2. The van der Waals surface area contributed by atoms with E-state index in [-0.39, 0.29) is 0 Å². The van der Waals surface area contributed by atoms with E-state index < -0.39 is 0 Å². The van der Waals surface area contributed by atoms with Crippen molar-refractivity contribution in [2.75, 3.05) is 6.26 Å². The summed E-state index contributed by atoms with van der Waals surface area (Å²) in [6.45, 7) is 0. The highest BCUT2D eigenvalue weighted by Crippen LogP contribution is 2.13. The summed E-state index contributed by atoms with van der Waals surface area (Å²) in [6.07, 6.45) is 2.03. The van der Waals surface area contributed by atoms with Crippen LogP contribution in [0.5, 0.6) is 0 Å². The van der Waals surface area contributed by atoms with Gasteiger partial charge in [-0.2, -0.15) is 11.3 Å². The number of rotatable bonds is 1. The number of hydrogen-bond donors (Lipinski definition) is 0. The molecule has 2 radical (unpaired) electrons. The number of thioether (sulfide) groups is 1. The predicted molar refractivity (Wildman–Crippen MR) is 41.5 cm³/mol. The van der Waals surface area contributed by atoms with Crippen LogP contribution in [0, 0.1) is 0 Å². The van der Waals surface area contributed by atoms with Gasteiger partial charge in [-0.25, -0.2) is 0 Å². The van der Waals surface area contributed by atoms with E-state index in [1.807, 2.05) is 17.7 Å². The van der Waals surface area contributed by atoms with Crippen molar-refractivity contribution in [3.63, 3.8) is 0 Å². The molecule has 8 heavy (non-hydrogen) atoms. The van der Waals surface area contributed by atoms with E-state index in [9.17, 15) is 0 Å². The summed E-state index contributed by atoms with van der Waals surface area (Å²) in [4.78, 5) is 1.19. The highest BCUT2D eigenvalue weighted by atomic mass is 32.2. The molecule has 0 aliphatic heterocycles. The first kappa shape index (κ1) is 6.24. The maximum absolute atomic E-state index is 5.55. The Balaban J connectivity index is 2.92. The van der Waals surface area contributed by atoms with Gasteiger partial charge in [-0.05, 0) is 22.5 Å². The maximum Gasteiger partial charge on any atom is 0.130 e. The van der Waals surface area contributed by atoms with Crippen LogP contribution in [0.1, 0.15) is 0 Å². The van der Waals surface area contributed by atoms with Crippen molar-refractivity contribution in [1.29, 1.82) is 0 Å². The second-order valence-electron chi connectivity index (χ2n) is 1.35. The fourth-order valence-electron chi connectivity index (χ4n) is 0.478. The molecule has 0 saturated carbocycles. The van der Waals surface area contributed by atoms with Crippen LogP contribution in [0.15, 0.2) is 16.3 Å². The molecule has 1 aromatic heterocycles. The van der Waals surface area contributed by atoms with Gasteiger partial charge in [0.15, 0.2) is 0 Å². The normalized spacial score (nSPS) is 9.62. The average molecular weight is 140 g/mol. The summed E-state index contributed by atoms with van der Waals surface area (Å²) >= 11 is 3.27. The lowest BCUT2D eigenvalue weighted by atomic mass is 10.1. The Labute approximate surface area is 58.7 Å². The molecule has 0 unspecified atom stereocenters. The van der Waals surface area contributed by atoms with E-state index in [2.05, 4.69) is 0 Å². The molecule has 0 aliphatic carbocycles. The van der Waals surface area contributed by atoms with Crippen LogP contribution in [-0.2, 0) is 0 Å². The van der Waals surface area contributed by atoms with Crippen LogP contribution >= 0.6 is 23.1 Å². The first-order valence-electron chi connectivity index (χ1n) is 2.21. The largest absolute Gasteiger partial charge is 0.159 e. The molecule has 0 nitrogen and oxygen atoms in total. The minimum Gasteiger partial charge on any atom is -0.159 e. The van der Waals surface area contributed by atoms with Gasteiger partial charge in [-0.3, -0.25) is 0 Å². The minimum absolute atomic E-state index is 0.928. The highest BCUT2D eigenvalue weighted by Gasteiger charge is 1.92. The van der Waals surface area contributed by atoms with Crippen LogP contribution in [0.4, 0.5) is 0 Å². The number of hydrogen-bond acceptors (Lipinski definition) is 2. The minimum atomic E-state index is 0.928. The van der Waals surface area contributed by atoms with Gasteiger partial charge in [-0.1, -0.05) is 0 Å². The third kappa shape index (κ3) is 1.09. The maximum atomic E-state index is 5.55. The molecule has 3 heteroatoms. The molecule has 0 N–H and O–H groups in total. The van der Waals surface area contributed by atoms with Gasteiger partial charge >= 0.3 is 0 Å². The molecule has 0 fully saturated rings. The van der Waals surface area contributed by atoms with E-state index >= 15 is 0 Å². The standard InChI is InChI=1S/C5H5BS2/c1-7-4-2-3-8-5(4)6/h2-3H,1H3. The Morgan fingerprint density at radius 3 is 2.75 bits per heavy atom. The molecule has 0 amide bonds. The zero-order valence-corrected chi connectivity index (χ0v) is 6.18. The summed E-state index contributed by atoms with van der Waals surface area (Å²) < 4.78 is 0.928. The zero-order valence-electron chi connectivity index (χ0n) is 4.55. The Hall–Kier alpha value is 0.115. The monoisotopic (exact) mass is 140 g/mol. The molecule has 0 spiro atoms. The second-order valence-corrected chi connectivity index (χ2v) is 3.15. The first-order valence-corrected chi connectivity index (χ1v) is 4.32. The van der Waals surface area contributed by atoms with E-state index in [0.717, 1.165) is 4.78 Å². The fraction of sp³-hybridized carbons (Fsp3) is 0.200. The molecule has 0 saturated heterocycles. The quantitative estimate of drug-likeness (QED) is 0.418. The van der Waals surface area contributed by atoms with Gasteiger partial charge in [0.1, 0.15) is 7.85 Å². The molecule has 0 bridgehead atoms. The van der Waals surface area contributed by atoms with Crippen LogP contribution < -0.4 is 4.78 Å². The topological polar surface area (TPSA) is 0 Å². The zero-order chi connectivity index (χ0) is 5.98. The van der Waals surface area contributed by atoms with Crippen LogP contribution in [0.25, 0.3) is 0 Å². The third-order valence-electron chi connectivity index (χ3n) is 0.877. The van der Waals surface area contributed by atoms with Crippen LogP contribution in [0.3, 0.4) is 0 Å². The molecule has 1 rings (SSSR count). The van der Waals surface area contributed by atoms with Crippen molar-refractivity contribution in [1.82, 2.24) is 0 Å². The van der Waals surface area contributed by atoms with Crippen molar-refractivity contribution < 1.29 is 0 Å². The van der Waals surface area contributed by atoms with Gasteiger partial charge in [0.2, 0.25) is 0 Å². The van der Waals surface area contributed by atoms with E-state index in [1.165, 1.54) is 4.90 Å². The van der Waals surface area contributed by atoms with Crippen LogP contribution in [0.2, 0.25) is 0 Å². The third-order valence-corrected chi connectivity index (χ3v) is 2.55. The molecule has 1 aromatic rings. The summed E-state index contributed by atoms with van der Waals surface area (Å²) in [6, 6.07) is 2.03. The lowest BCUT2D eigenvalue weighted by molar-refractivity contribution is 1.65. The van der Waals surface area contributed by atoms with E-state index in [4.69, 9.17) is 7.85 Å². The van der Waals surface area contributed by atoms with Crippen molar-refractivity contribution in [2.24, 2.45) is 0 Å². The Morgan fingerprint density at radius 2 is 2.50 bits per heavy atom. The first-order chi connectivity index (χ1) is 3.84. The van der Waals surface area contributed by atoms with Gasteiger partial charge in [-0.15, -0.1) is 11.8 Å². The predicted octanol–water partition coefficient (Wildman–Crippen LogP) is 1.26. The smallest absolute Gasteiger partial charge is 0.130 e. The SMILES string of the molecule is [B]c1sccc1SC. The van der Waals surface area contributed by atoms with E-state index in [1.54, 1.807) is 23.1 Å². The highest BCUT2D eigenvalue weighted by molar-refractivity contribution is 7.99. The lowest BCUT2D eigenvalue weighted by Gasteiger charge is -1.88. The summed E-state index contributed by atoms with van der Waals surface area (Å²) in [7, 11) is 5.55. The van der Waals surface area contributed by atoms with Gasteiger partial charge in [0, 0.05) is 4.90 Å². The van der Waals surface area contributed by atoms with Crippen LogP contribution in [-0.4, -0.2) is 14.1 Å². The molecular weight excluding hydrogens is 135 g/mol. The lowest BCUT2D eigenvalue weighted by Crippen LogP contribution is -1.95. The number of thiophene rings is 1. The molecule has 1 heterocycles. The van der Waals surface area contributed by atoms with Crippen molar-refractivity contribution in [2.45, 2.75) is 4.90 Å². The van der Waals surface area contributed by atoms with Crippen molar-refractivity contribution in [3.05, 3.63) is 11.4 Å². The summed E-state index contributed by atoms with van der Waals surface area (Å²) in [5.41, 5.74) is 0. The molecule has 0 aromatic carbocycles. The van der Waals surface area contributed by atoms with Gasteiger partial charge < -0.3 is 0 Å². The molecule has 40 valence electrons. The van der Waals surface area contributed by atoms with Gasteiger partial charge in [0.25, 0.3) is 0 Å². The average Bonchev–Trinajstić information content (AvgIpc) is 2.14. The Bertz CT molecular complexity index is 171. The molecule has 0 atom stereocenters.